The van der Waals surface area contributed by atoms with E-state index in [1.54, 1.807) is 11.8 Å². The average Bonchev–Trinajstić information content (AvgIpc) is 2.40. The Kier molecular flexibility index (Phi) is 6.88. The van der Waals surface area contributed by atoms with Crippen molar-refractivity contribution in [2.75, 3.05) is 12.4 Å². The number of hydrogen-bond acceptors (Lipinski definition) is 3. The molecule has 2 nitrogen and oxygen atoms in total. The third-order valence-corrected chi connectivity index (χ3v) is 4.41. The molecule has 18 heavy (non-hydrogen) atoms. The Hall–Kier alpha value is -0.960. The zero-order valence-corrected chi connectivity index (χ0v) is 12.2. The van der Waals surface area contributed by atoms with Gasteiger partial charge in [0.1, 0.15) is 5.25 Å². The summed E-state index contributed by atoms with van der Waals surface area (Å²) in [5.74, 6) is 1.47. The smallest absolute Gasteiger partial charge is 0.323 e. The van der Waals surface area contributed by atoms with Crippen LogP contribution in [0.5, 0.6) is 0 Å². The highest BCUT2D eigenvalue weighted by atomic mass is 32.2. The number of ether oxygens (including phenoxy) is 1. The summed E-state index contributed by atoms with van der Waals surface area (Å²) in [6.45, 7) is 6.67. The highest BCUT2D eigenvalue weighted by Crippen LogP contribution is 2.32. The van der Waals surface area contributed by atoms with Crippen molar-refractivity contribution in [1.29, 1.82) is 0 Å². The third kappa shape index (κ3) is 4.73. The van der Waals surface area contributed by atoms with Gasteiger partial charge >= 0.3 is 5.97 Å². The summed E-state index contributed by atoms with van der Waals surface area (Å²) in [5, 5.41) is -0.194. The van der Waals surface area contributed by atoms with Crippen LogP contribution in [-0.2, 0) is 9.53 Å². The predicted octanol–water partition coefficient (Wildman–Crippen LogP) is 4.07. The van der Waals surface area contributed by atoms with Crippen molar-refractivity contribution in [3.05, 3.63) is 35.9 Å². The zero-order valence-electron chi connectivity index (χ0n) is 11.4. The first-order valence-electron chi connectivity index (χ1n) is 6.52. The van der Waals surface area contributed by atoms with Gasteiger partial charge in [-0.2, -0.15) is 0 Å². The lowest BCUT2D eigenvalue weighted by Gasteiger charge is -2.17. The van der Waals surface area contributed by atoms with Gasteiger partial charge in [0.2, 0.25) is 0 Å². The van der Waals surface area contributed by atoms with Crippen molar-refractivity contribution in [3.8, 4) is 0 Å². The van der Waals surface area contributed by atoms with E-state index in [1.165, 1.54) is 0 Å². The predicted molar refractivity (Wildman–Crippen MR) is 77.7 cm³/mol. The summed E-state index contributed by atoms with van der Waals surface area (Å²) in [6, 6.07) is 9.87. The minimum atomic E-state index is -0.194. The Morgan fingerprint density at radius 2 is 1.94 bits per heavy atom. The van der Waals surface area contributed by atoms with E-state index in [0.717, 1.165) is 17.7 Å². The number of thioether (sulfide) groups is 1. The molecule has 1 aromatic carbocycles. The van der Waals surface area contributed by atoms with Crippen molar-refractivity contribution in [2.24, 2.45) is 5.92 Å². The molecule has 0 N–H and O–H groups in total. The maximum Gasteiger partial charge on any atom is 0.323 e. The molecule has 0 aromatic heterocycles. The van der Waals surface area contributed by atoms with Crippen LogP contribution in [0.25, 0.3) is 0 Å². The summed E-state index contributed by atoms with van der Waals surface area (Å²) < 4.78 is 5.16. The second kappa shape index (κ2) is 8.20. The standard InChI is InChI=1S/C15H22O2S/c1-4-12(3)11-18-14(15(16)17-5-2)13-9-7-6-8-10-13/h6-10,12,14H,4-5,11H2,1-3H3. The van der Waals surface area contributed by atoms with Gasteiger partial charge in [-0.25, -0.2) is 0 Å². The van der Waals surface area contributed by atoms with Crippen LogP contribution >= 0.6 is 11.8 Å². The Bertz CT molecular complexity index is 351. The molecule has 0 aliphatic carbocycles. The normalized spacial score (nSPS) is 13.9. The SMILES string of the molecule is CCOC(=O)C(SCC(C)CC)c1ccccc1. The number of rotatable bonds is 7. The molecule has 0 spiro atoms. The molecule has 100 valence electrons. The molecule has 0 saturated carbocycles. The summed E-state index contributed by atoms with van der Waals surface area (Å²) >= 11 is 1.68. The van der Waals surface area contributed by atoms with E-state index >= 15 is 0 Å². The first-order valence-corrected chi connectivity index (χ1v) is 7.57. The first-order chi connectivity index (χ1) is 8.69. The minimum absolute atomic E-state index is 0.128. The van der Waals surface area contributed by atoms with Crippen molar-refractivity contribution < 1.29 is 9.53 Å². The van der Waals surface area contributed by atoms with Crippen molar-refractivity contribution in [2.45, 2.75) is 32.4 Å². The molecule has 0 aliphatic rings. The molecule has 0 radical (unpaired) electrons. The van der Waals surface area contributed by atoms with E-state index in [-0.39, 0.29) is 11.2 Å². The number of benzene rings is 1. The molecule has 2 atom stereocenters. The van der Waals surface area contributed by atoms with Gasteiger partial charge in [0, 0.05) is 0 Å². The van der Waals surface area contributed by atoms with Crippen LogP contribution in [0, 0.1) is 5.92 Å². The molecule has 0 saturated heterocycles. The summed E-state index contributed by atoms with van der Waals surface area (Å²) in [6.07, 6.45) is 1.14. The molecule has 0 bridgehead atoms. The molecule has 3 heteroatoms. The lowest BCUT2D eigenvalue weighted by molar-refractivity contribution is -0.142. The van der Waals surface area contributed by atoms with E-state index in [1.807, 2.05) is 37.3 Å². The van der Waals surface area contributed by atoms with Gasteiger partial charge < -0.3 is 4.74 Å². The topological polar surface area (TPSA) is 26.3 Å². The van der Waals surface area contributed by atoms with Crippen molar-refractivity contribution >= 4 is 17.7 Å². The van der Waals surface area contributed by atoms with E-state index in [4.69, 9.17) is 4.74 Å². The maximum absolute atomic E-state index is 12.0. The Morgan fingerprint density at radius 3 is 2.50 bits per heavy atom. The monoisotopic (exact) mass is 266 g/mol. The third-order valence-electron chi connectivity index (χ3n) is 2.85. The van der Waals surface area contributed by atoms with E-state index in [2.05, 4.69) is 13.8 Å². The average molecular weight is 266 g/mol. The van der Waals surface area contributed by atoms with Gasteiger partial charge in [0.25, 0.3) is 0 Å². The fourth-order valence-corrected chi connectivity index (χ4v) is 2.83. The molecular formula is C15H22O2S. The molecule has 1 aromatic rings. The van der Waals surface area contributed by atoms with Gasteiger partial charge in [0.05, 0.1) is 6.61 Å². The van der Waals surface area contributed by atoms with E-state index in [9.17, 15) is 4.79 Å². The van der Waals surface area contributed by atoms with Crippen molar-refractivity contribution in [3.63, 3.8) is 0 Å². The number of carbonyl (C=O) groups excluding carboxylic acids is 1. The molecule has 0 aliphatic heterocycles. The zero-order chi connectivity index (χ0) is 13.4. The Morgan fingerprint density at radius 1 is 1.28 bits per heavy atom. The molecular weight excluding hydrogens is 244 g/mol. The van der Waals surface area contributed by atoms with Crippen LogP contribution in [0.3, 0.4) is 0 Å². The van der Waals surface area contributed by atoms with Crippen LogP contribution < -0.4 is 0 Å². The molecule has 2 unspecified atom stereocenters. The lowest BCUT2D eigenvalue weighted by atomic mass is 10.1. The number of esters is 1. The summed E-state index contributed by atoms with van der Waals surface area (Å²) in [4.78, 5) is 12.0. The van der Waals surface area contributed by atoms with Gasteiger partial charge in [-0.1, -0.05) is 50.6 Å². The van der Waals surface area contributed by atoms with Gasteiger partial charge in [-0.3, -0.25) is 4.79 Å². The van der Waals surface area contributed by atoms with E-state index in [0.29, 0.717) is 12.5 Å². The number of hydrogen-bond donors (Lipinski definition) is 0. The highest BCUT2D eigenvalue weighted by molar-refractivity contribution is 8.00. The summed E-state index contributed by atoms with van der Waals surface area (Å²) in [7, 11) is 0. The first kappa shape index (κ1) is 15.1. The molecule has 1 rings (SSSR count). The van der Waals surface area contributed by atoms with Gasteiger partial charge in [-0.05, 0) is 24.2 Å². The molecule has 0 amide bonds. The van der Waals surface area contributed by atoms with Crippen LogP contribution in [0.1, 0.15) is 38.0 Å². The fourth-order valence-electron chi connectivity index (χ4n) is 1.52. The van der Waals surface area contributed by atoms with Crippen LogP contribution in [0.2, 0.25) is 0 Å². The molecule has 0 fully saturated rings. The van der Waals surface area contributed by atoms with Crippen molar-refractivity contribution in [1.82, 2.24) is 0 Å². The maximum atomic E-state index is 12.0. The van der Waals surface area contributed by atoms with Gasteiger partial charge in [-0.15, -0.1) is 11.8 Å². The highest BCUT2D eigenvalue weighted by Gasteiger charge is 2.22. The second-order valence-electron chi connectivity index (χ2n) is 4.39. The largest absolute Gasteiger partial charge is 0.465 e. The quantitative estimate of drug-likeness (QED) is 0.696. The number of carbonyl (C=O) groups is 1. The van der Waals surface area contributed by atoms with Crippen LogP contribution in [-0.4, -0.2) is 18.3 Å². The van der Waals surface area contributed by atoms with Gasteiger partial charge in [0.15, 0.2) is 0 Å². The fraction of sp³-hybridized carbons (Fsp3) is 0.533. The Balaban J connectivity index is 2.72. The minimum Gasteiger partial charge on any atom is -0.465 e. The lowest BCUT2D eigenvalue weighted by Crippen LogP contribution is -2.14. The second-order valence-corrected chi connectivity index (χ2v) is 5.53. The van der Waals surface area contributed by atoms with E-state index < -0.39 is 0 Å². The summed E-state index contributed by atoms with van der Waals surface area (Å²) in [5.41, 5.74) is 1.03. The molecule has 0 heterocycles. The Labute approximate surface area is 114 Å². The van der Waals surface area contributed by atoms with Crippen LogP contribution in [0.15, 0.2) is 30.3 Å². The van der Waals surface area contributed by atoms with Crippen LogP contribution in [0.4, 0.5) is 0 Å².